The highest BCUT2D eigenvalue weighted by atomic mass is 32.2. The standard InChI is InChI=1S/C21H22N6O3S/c1-30-19-6-4-3-5-15(19)7-8-22-20-10-18(24-13-25-20)16-9-17-12-26-27(14-31(2,28)29)21(17)23-11-16/h3-6,9-13H,7-8,14H2,1-2H3,(H,22,24,25). The first-order valence-electron chi connectivity index (χ1n) is 9.60. The molecule has 160 valence electrons. The summed E-state index contributed by atoms with van der Waals surface area (Å²) in [6, 6.07) is 11.7. The SMILES string of the molecule is COc1ccccc1CCNc1cc(-c2cnc3c(cnn3CS(C)(=O)=O)c2)ncn1. The Labute approximate surface area is 180 Å². The number of aromatic nitrogens is 5. The molecule has 0 unspecified atom stereocenters. The Morgan fingerprint density at radius 3 is 2.74 bits per heavy atom. The number of fused-ring (bicyclic) bond motifs is 1. The summed E-state index contributed by atoms with van der Waals surface area (Å²) >= 11 is 0. The van der Waals surface area contributed by atoms with Crippen molar-refractivity contribution in [1.82, 2.24) is 24.7 Å². The molecule has 0 atom stereocenters. The van der Waals surface area contributed by atoms with Gasteiger partial charge in [-0.15, -0.1) is 0 Å². The first-order chi connectivity index (χ1) is 14.9. The molecule has 10 heteroatoms. The summed E-state index contributed by atoms with van der Waals surface area (Å²) in [5.41, 5.74) is 3.13. The third-order valence-corrected chi connectivity index (χ3v) is 5.40. The average Bonchev–Trinajstić information content (AvgIpc) is 3.15. The highest BCUT2D eigenvalue weighted by Gasteiger charge is 2.12. The molecule has 31 heavy (non-hydrogen) atoms. The molecule has 0 amide bonds. The molecule has 9 nitrogen and oxygen atoms in total. The Morgan fingerprint density at radius 2 is 1.94 bits per heavy atom. The summed E-state index contributed by atoms with van der Waals surface area (Å²) < 4.78 is 29.9. The number of ether oxygens (including phenoxy) is 1. The lowest BCUT2D eigenvalue weighted by molar-refractivity contribution is 0.410. The van der Waals surface area contributed by atoms with Crippen LogP contribution in [0.15, 0.2) is 55.1 Å². The predicted octanol–water partition coefficient (Wildman–Crippen LogP) is 2.55. The van der Waals surface area contributed by atoms with Crippen LogP contribution in [-0.4, -0.2) is 53.1 Å². The molecule has 0 radical (unpaired) electrons. The summed E-state index contributed by atoms with van der Waals surface area (Å²) in [5.74, 6) is 1.35. The summed E-state index contributed by atoms with van der Waals surface area (Å²) in [6.45, 7) is 0.687. The van der Waals surface area contributed by atoms with Crippen molar-refractivity contribution in [3.05, 3.63) is 60.7 Å². The van der Waals surface area contributed by atoms with Crippen molar-refractivity contribution in [3.8, 4) is 17.0 Å². The summed E-state index contributed by atoms with van der Waals surface area (Å²) in [4.78, 5) is 13.0. The highest BCUT2D eigenvalue weighted by molar-refractivity contribution is 7.89. The van der Waals surface area contributed by atoms with Crippen LogP contribution in [0, 0.1) is 0 Å². The number of nitrogens with one attached hydrogen (secondary N) is 1. The van der Waals surface area contributed by atoms with Gasteiger partial charge in [0.05, 0.1) is 19.0 Å². The van der Waals surface area contributed by atoms with E-state index in [1.54, 1.807) is 19.5 Å². The predicted molar refractivity (Wildman–Crippen MR) is 119 cm³/mol. The number of hydrogen-bond acceptors (Lipinski definition) is 8. The number of benzene rings is 1. The Balaban J connectivity index is 1.49. The molecule has 0 aliphatic rings. The zero-order valence-electron chi connectivity index (χ0n) is 17.2. The van der Waals surface area contributed by atoms with Crippen LogP contribution in [0.5, 0.6) is 5.75 Å². The van der Waals surface area contributed by atoms with Crippen molar-refractivity contribution in [2.45, 2.75) is 12.3 Å². The maximum absolute atomic E-state index is 11.6. The number of para-hydroxylation sites is 1. The largest absolute Gasteiger partial charge is 0.496 e. The molecule has 4 aromatic rings. The van der Waals surface area contributed by atoms with Crippen molar-refractivity contribution in [1.29, 1.82) is 0 Å². The fraction of sp³-hybridized carbons (Fsp3) is 0.238. The van der Waals surface area contributed by atoms with E-state index in [0.29, 0.717) is 23.7 Å². The van der Waals surface area contributed by atoms with Crippen LogP contribution in [0.3, 0.4) is 0 Å². The third-order valence-electron chi connectivity index (χ3n) is 4.69. The minimum atomic E-state index is -3.22. The highest BCUT2D eigenvalue weighted by Crippen LogP contribution is 2.23. The molecule has 0 aliphatic carbocycles. The van der Waals surface area contributed by atoms with Crippen molar-refractivity contribution in [2.75, 3.05) is 25.2 Å². The number of hydrogen-bond donors (Lipinski definition) is 1. The quantitative estimate of drug-likeness (QED) is 0.447. The monoisotopic (exact) mass is 438 g/mol. The minimum Gasteiger partial charge on any atom is -0.496 e. The smallest absolute Gasteiger partial charge is 0.167 e. The molecule has 3 heterocycles. The average molecular weight is 439 g/mol. The van der Waals surface area contributed by atoms with Crippen LogP contribution in [0.4, 0.5) is 5.82 Å². The van der Waals surface area contributed by atoms with Crippen molar-refractivity contribution < 1.29 is 13.2 Å². The van der Waals surface area contributed by atoms with Gasteiger partial charge >= 0.3 is 0 Å². The molecule has 1 N–H and O–H groups in total. The molecule has 0 bridgehead atoms. The van der Waals surface area contributed by atoms with E-state index in [9.17, 15) is 8.42 Å². The second kappa shape index (κ2) is 8.68. The zero-order valence-corrected chi connectivity index (χ0v) is 18.0. The van der Waals surface area contributed by atoms with E-state index in [1.807, 2.05) is 36.4 Å². The number of nitrogens with zero attached hydrogens (tertiary/aromatic N) is 5. The Kier molecular flexibility index (Phi) is 5.81. The lowest BCUT2D eigenvalue weighted by Gasteiger charge is -2.10. The van der Waals surface area contributed by atoms with E-state index in [-0.39, 0.29) is 5.88 Å². The van der Waals surface area contributed by atoms with Gasteiger partial charge < -0.3 is 10.1 Å². The molecule has 0 spiro atoms. The van der Waals surface area contributed by atoms with E-state index >= 15 is 0 Å². The van der Waals surface area contributed by atoms with Gasteiger partial charge in [0, 0.05) is 36.0 Å². The van der Waals surface area contributed by atoms with Gasteiger partial charge in [-0.3, -0.25) is 0 Å². The van der Waals surface area contributed by atoms with Crippen LogP contribution in [0.2, 0.25) is 0 Å². The first-order valence-corrected chi connectivity index (χ1v) is 11.7. The molecule has 3 aromatic heterocycles. The lowest BCUT2D eigenvalue weighted by Crippen LogP contribution is -2.10. The van der Waals surface area contributed by atoms with Gasteiger partial charge in [0.25, 0.3) is 0 Å². The second-order valence-corrected chi connectivity index (χ2v) is 9.22. The third kappa shape index (κ3) is 4.97. The normalized spacial score (nSPS) is 11.5. The van der Waals surface area contributed by atoms with Crippen molar-refractivity contribution in [3.63, 3.8) is 0 Å². The lowest BCUT2D eigenvalue weighted by atomic mass is 10.1. The van der Waals surface area contributed by atoms with Gasteiger partial charge in [-0.25, -0.2) is 28.1 Å². The first kappa shape index (κ1) is 20.7. The van der Waals surface area contributed by atoms with E-state index in [1.165, 1.54) is 11.0 Å². The van der Waals surface area contributed by atoms with Gasteiger partial charge in [0.2, 0.25) is 0 Å². The van der Waals surface area contributed by atoms with Crippen LogP contribution in [0.25, 0.3) is 22.3 Å². The van der Waals surface area contributed by atoms with E-state index in [2.05, 4.69) is 25.4 Å². The molecule has 4 rings (SSSR count). The molecular formula is C21H22N6O3S. The molecule has 0 aliphatic heterocycles. The Morgan fingerprint density at radius 1 is 1.10 bits per heavy atom. The van der Waals surface area contributed by atoms with E-state index in [0.717, 1.165) is 34.9 Å². The van der Waals surface area contributed by atoms with E-state index in [4.69, 9.17) is 4.74 Å². The number of methoxy groups -OCH3 is 1. The van der Waals surface area contributed by atoms with E-state index < -0.39 is 9.84 Å². The van der Waals surface area contributed by atoms with Gasteiger partial charge in [-0.05, 0) is 24.1 Å². The van der Waals surface area contributed by atoms with Gasteiger partial charge in [-0.2, -0.15) is 5.10 Å². The number of anilines is 1. The van der Waals surface area contributed by atoms with Gasteiger partial charge in [0.1, 0.15) is 23.8 Å². The topological polar surface area (TPSA) is 112 Å². The van der Waals surface area contributed by atoms with Crippen molar-refractivity contribution >= 4 is 26.7 Å². The number of rotatable bonds is 8. The summed E-state index contributed by atoms with van der Waals surface area (Å²) in [5, 5.41) is 8.19. The summed E-state index contributed by atoms with van der Waals surface area (Å²) in [7, 11) is -1.55. The van der Waals surface area contributed by atoms with Crippen LogP contribution in [0.1, 0.15) is 5.56 Å². The van der Waals surface area contributed by atoms with Crippen LogP contribution in [-0.2, 0) is 22.1 Å². The molecule has 1 aromatic carbocycles. The molecular weight excluding hydrogens is 416 g/mol. The summed E-state index contributed by atoms with van der Waals surface area (Å²) in [6.07, 6.45) is 6.71. The second-order valence-electron chi connectivity index (χ2n) is 7.11. The minimum absolute atomic E-state index is 0.212. The van der Waals surface area contributed by atoms with Crippen LogP contribution >= 0.6 is 0 Å². The maximum Gasteiger partial charge on any atom is 0.167 e. The molecule has 0 fully saturated rings. The zero-order chi connectivity index (χ0) is 21.8. The van der Waals surface area contributed by atoms with Gasteiger partial charge in [0.15, 0.2) is 15.5 Å². The van der Waals surface area contributed by atoms with Crippen molar-refractivity contribution in [2.24, 2.45) is 0 Å². The Hall–Kier alpha value is -3.53. The number of pyridine rings is 1. The fourth-order valence-corrected chi connectivity index (χ4v) is 3.91. The Bertz CT molecular complexity index is 1320. The van der Waals surface area contributed by atoms with Gasteiger partial charge in [-0.1, -0.05) is 18.2 Å². The fourth-order valence-electron chi connectivity index (χ4n) is 3.28. The molecule has 0 saturated heterocycles. The molecule has 0 saturated carbocycles. The maximum atomic E-state index is 11.6. The van der Waals surface area contributed by atoms with Crippen LogP contribution < -0.4 is 10.1 Å². The number of sulfone groups is 1.